The first-order valence-electron chi connectivity index (χ1n) is 7.20. The van der Waals surface area contributed by atoms with E-state index in [1.165, 1.54) is 19.3 Å². The van der Waals surface area contributed by atoms with Crippen LogP contribution in [0.4, 0.5) is 11.6 Å². The molecule has 1 saturated heterocycles. The first kappa shape index (κ1) is 14.1. The van der Waals surface area contributed by atoms with Crippen LogP contribution in [0.5, 0.6) is 0 Å². The number of nitrogens with zero attached hydrogens (tertiary/aromatic N) is 4. The lowest BCUT2D eigenvalue weighted by Crippen LogP contribution is -2.30. The molecule has 1 fully saturated rings. The second-order valence-corrected chi connectivity index (χ2v) is 5.23. The highest BCUT2D eigenvalue weighted by Gasteiger charge is 2.22. The topological polar surface area (TPSA) is 44.3 Å². The van der Waals surface area contributed by atoms with Crippen LogP contribution in [0.1, 0.15) is 26.2 Å². The van der Waals surface area contributed by atoms with Crippen molar-refractivity contribution in [2.75, 3.05) is 43.5 Å². The third-order valence-electron chi connectivity index (χ3n) is 3.80. The van der Waals surface area contributed by atoms with Gasteiger partial charge in [-0.3, -0.25) is 0 Å². The van der Waals surface area contributed by atoms with E-state index in [-0.39, 0.29) is 0 Å². The number of nitrogens with one attached hydrogen (secondary N) is 1. The number of hydrogen-bond donors (Lipinski definition) is 1. The van der Waals surface area contributed by atoms with Gasteiger partial charge in [0.15, 0.2) is 0 Å². The minimum absolute atomic E-state index is 0.580. The molecule has 2 heterocycles. The second kappa shape index (κ2) is 6.70. The molecule has 0 amide bonds. The smallest absolute Gasteiger partial charge is 0.134 e. The lowest BCUT2D eigenvalue weighted by Gasteiger charge is -2.21. The molecule has 0 spiro atoms. The van der Waals surface area contributed by atoms with E-state index in [9.17, 15) is 0 Å². The molecular weight excluding hydrogens is 238 g/mol. The molecule has 0 aromatic carbocycles. The van der Waals surface area contributed by atoms with Crippen LogP contribution in [0.25, 0.3) is 0 Å². The second-order valence-electron chi connectivity index (χ2n) is 5.23. The summed E-state index contributed by atoms with van der Waals surface area (Å²) in [5.74, 6) is 2.07. The zero-order chi connectivity index (χ0) is 13.7. The summed E-state index contributed by atoms with van der Waals surface area (Å²) in [6.45, 7) is 5.36. The van der Waals surface area contributed by atoms with Gasteiger partial charge in [0, 0.05) is 38.8 Å². The fourth-order valence-corrected chi connectivity index (χ4v) is 2.43. The van der Waals surface area contributed by atoms with Crippen molar-refractivity contribution in [3.63, 3.8) is 0 Å². The Bertz CT molecular complexity index is 395. The molecule has 19 heavy (non-hydrogen) atoms. The van der Waals surface area contributed by atoms with Gasteiger partial charge in [-0.15, -0.1) is 0 Å². The van der Waals surface area contributed by atoms with E-state index in [2.05, 4.69) is 45.1 Å². The number of likely N-dealkylation sites (N-methyl/N-ethyl adjacent to an activating group) is 1. The van der Waals surface area contributed by atoms with Crippen LogP contribution in [0.15, 0.2) is 12.4 Å². The summed E-state index contributed by atoms with van der Waals surface area (Å²) in [6, 6.07) is 2.68. The fourth-order valence-electron chi connectivity index (χ4n) is 2.43. The molecule has 1 atom stereocenters. The predicted molar refractivity (Wildman–Crippen MR) is 79.9 cm³/mol. The molecule has 1 N–H and O–H groups in total. The maximum absolute atomic E-state index is 4.41. The van der Waals surface area contributed by atoms with Crippen LogP contribution in [0.3, 0.4) is 0 Å². The van der Waals surface area contributed by atoms with Gasteiger partial charge >= 0.3 is 0 Å². The Morgan fingerprint density at radius 1 is 1.47 bits per heavy atom. The molecule has 0 bridgehead atoms. The Hall–Kier alpha value is -1.36. The molecule has 1 aliphatic rings. The van der Waals surface area contributed by atoms with Crippen molar-refractivity contribution in [1.82, 2.24) is 15.3 Å². The molecule has 0 radical (unpaired) electrons. The summed E-state index contributed by atoms with van der Waals surface area (Å²) in [6.07, 6.45) is 5.26. The first-order chi connectivity index (χ1) is 9.24. The highest BCUT2D eigenvalue weighted by molar-refractivity contribution is 5.50. The summed E-state index contributed by atoms with van der Waals surface area (Å²) < 4.78 is 0. The number of anilines is 2. The number of rotatable bonds is 6. The lowest BCUT2D eigenvalue weighted by molar-refractivity contribution is 0.616. The van der Waals surface area contributed by atoms with Gasteiger partial charge in [0.25, 0.3) is 0 Å². The third-order valence-corrected chi connectivity index (χ3v) is 3.80. The van der Waals surface area contributed by atoms with Gasteiger partial charge in [0.05, 0.1) is 0 Å². The van der Waals surface area contributed by atoms with Gasteiger partial charge in [-0.2, -0.15) is 0 Å². The molecule has 1 aromatic heterocycles. The van der Waals surface area contributed by atoms with Crippen molar-refractivity contribution in [2.45, 2.75) is 32.2 Å². The summed E-state index contributed by atoms with van der Waals surface area (Å²) >= 11 is 0. The van der Waals surface area contributed by atoms with E-state index in [4.69, 9.17) is 0 Å². The molecular formula is C14H25N5. The van der Waals surface area contributed by atoms with Crippen molar-refractivity contribution in [3.8, 4) is 0 Å². The highest BCUT2D eigenvalue weighted by Crippen LogP contribution is 2.21. The van der Waals surface area contributed by atoms with Crippen molar-refractivity contribution >= 4 is 11.6 Å². The van der Waals surface area contributed by atoms with Gasteiger partial charge in [0.1, 0.15) is 18.0 Å². The van der Waals surface area contributed by atoms with Crippen molar-refractivity contribution < 1.29 is 0 Å². The SMILES string of the molecule is CCCCN(C)c1cc(N2CCC(NC)C2)ncn1. The molecule has 1 aliphatic heterocycles. The summed E-state index contributed by atoms with van der Waals surface area (Å²) in [5, 5.41) is 3.33. The maximum Gasteiger partial charge on any atom is 0.134 e. The van der Waals surface area contributed by atoms with Gasteiger partial charge in [-0.25, -0.2) is 9.97 Å². The monoisotopic (exact) mass is 263 g/mol. The molecule has 0 saturated carbocycles. The predicted octanol–water partition coefficient (Wildman–Crippen LogP) is 1.51. The third kappa shape index (κ3) is 3.56. The molecule has 5 heteroatoms. The van der Waals surface area contributed by atoms with Gasteiger partial charge in [-0.1, -0.05) is 13.3 Å². The Balaban J connectivity index is 2.03. The largest absolute Gasteiger partial charge is 0.360 e. The summed E-state index contributed by atoms with van der Waals surface area (Å²) in [5.41, 5.74) is 0. The van der Waals surface area contributed by atoms with E-state index in [1.807, 2.05) is 7.05 Å². The van der Waals surface area contributed by atoms with Gasteiger partial charge in [-0.05, 0) is 19.9 Å². The number of unbranched alkanes of at least 4 members (excludes halogenated alkanes) is 1. The van der Waals surface area contributed by atoms with Crippen LogP contribution in [0.2, 0.25) is 0 Å². The van der Waals surface area contributed by atoms with Crippen LogP contribution in [0, 0.1) is 0 Å². The van der Waals surface area contributed by atoms with Gasteiger partial charge in [0.2, 0.25) is 0 Å². The Kier molecular flexibility index (Phi) is 4.96. The minimum Gasteiger partial charge on any atom is -0.360 e. The first-order valence-corrected chi connectivity index (χ1v) is 7.20. The highest BCUT2D eigenvalue weighted by atomic mass is 15.2. The zero-order valence-corrected chi connectivity index (χ0v) is 12.3. The Morgan fingerprint density at radius 3 is 3.00 bits per heavy atom. The average Bonchev–Trinajstić information content (AvgIpc) is 2.94. The molecule has 0 aliphatic carbocycles. The fraction of sp³-hybridized carbons (Fsp3) is 0.714. The van der Waals surface area contributed by atoms with E-state index < -0.39 is 0 Å². The Labute approximate surface area is 116 Å². The summed E-state index contributed by atoms with van der Waals surface area (Å²) in [7, 11) is 4.13. The Morgan fingerprint density at radius 2 is 2.32 bits per heavy atom. The normalized spacial score (nSPS) is 18.9. The molecule has 5 nitrogen and oxygen atoms in total. The van der Waals surface area contributed by atoms with Crippen molar-refractivity contribution in [2.24, 2.45) is 0 Å². The van der Waals surface area contributed by atoms with E-state index in [0.717, 1.165) is 31.3 Å². The standard InChI is InChI=1S/C14H25N5/c1-4-5-7-18(3)13-9-14(17-11-16-13)19-8-6-12(10-19)15-2/h9,11-12,15H,4-8,10H2,1-3H3. The molecule has 2 rings (SSSR count). The maximum atomic E-state index is 4.41. The minimum atomic E-state index is 0.580. The van der Waals surface area contributed by atoms with E-state index >= 15 is 0 Å². The van der Waals surface area contributed by atoms with Crippen LogP contribution >= 0.6 is 0 Å². The summed E-state index contributed by atoms with van der Waals surface area (Å²) in [4.78, 5) is 13.3. The van der Waals surface area contributed by atoms with Crippen LogP contribution in [-0.4, -0.2) is 49.7 Å². The van der Waals surface area contributed by atoms with Crippen LogP contribution in [-0.2, 0) is 0 Å². The van der Waals surface area contributed by atoms with E-state index in [1.54, 1.807) is 6.33 Å². The number of hydrogen-bond acceptors (Lipinski definition) is 5. The van der Waals surface area contributed by atoms with Crippen LogP contribution < -0.4 is 15.1 Å². The van der Waals surface area contributed by atoms with Gasteiger partial charge < -0.3 is 15.1 Å². The molecule has 1 unspecified atom stereocenters. The van der Waals surface area contributed by atoms with Crippen molar-refractivity contribution in [1.29, 1.82) is 0 Å². The van der Waals surface area contributed by atoms with E-state index in [0.29, 0.717) is 6.04 Å². The molecule has 106 valence electrons. The quantitative estimate of drug-likeness (QED) is 0.843. The average molecular weight is 263 g/mol. The lowest BCUT2D eigenvalue weighted by atomic mass is 10.3. The van der Waals surface area contributed by atoms with Crippen molar-refractivity contribution in [3.05, 3.63) is 12.4 Å². The zero-order valence-electron chi connectivity index (χ0n) is 12.3. The molecule has 1 aromatic rings. The number of aromatic nitrogens is 2.